The Morgan fingerprint density at radius 3 is 2.46 bits per heavy atom. The molecular formula is C16H18ClN3O4S2. The maximum absolute atomic E-state index is 12.4. The first-order valence-electron chi connectivity index (χ1n) is 7.90. The van der Waals surface area contributed by atoms with Gasteiger partial charge in [-0.05, 0) is 56.4 Å². The van der Waals surface area contributed by atoms with Crippen LogP contribution in [0.3, 0.4) is 0 Å². The number of thiazole rings is 1. The first-order chi connectivity index (χ1) is 12.1. The monoisotopic (exact) mass is 415 g/mol. The van der Waals surface area contributed by atoms with Crippen molar-refractivity contribution in [1.82, 2.24) is 9.71 Å². The number of nitrogens with zero attached hydrogens (tertiary/aromatic N) is 1. The summed E-state index contributed by atoms with van der Waals surface area (Å²) in [5.74, 6) is 0. The van der Waals surface area contributed by atoms with Crippen molar-refractivity contribution in [2.24, 2.45) is 0 Å². The second kappa shape index (κ2) is 6.80. The Morgan fingerprint density at radius 1 is 1.31 bits per heavy atom. The predicted molar refractivity (Wildman–Crippen MR) is 100 cm³/mol. The third-order valence-corrected chi connectivity index (χ3v) is 7.45. The van der Waals surface area contributed by atoms with Crippen molar-refractivity contribution in [1.29, 1.82) is 0 Å². The number of amides is 2. The van der Waals surface area contributed by atoms with E-state index in [9.17, 15) is 18.3 Å². The molecule has 1 saturated carbocycles. The summed E-state index contributed by atoms with van der Waals surface area (Å²) >= 11 is 6.82. The van der Waals surface area contributed by atoms with E-state index in [1.807, 2.05) is 4.72 Å². The normalized spacial score (nSPS) is 16.0. The molecule has 26 heavy (non-hydrogen) atoms. The van der Waals surface area contributed by atoms with Gasteiger partial charge in [0.25, 0.3) is 10.0 Å². The molecule has 10 heteroatoms. The van der Waals surface area contributed by atoms with Gasteiger partial charge < -0.3 is 10.4 Å². The summed E-state index contributed by atoms with van der Waals surface area (Å²) in [5, 5.41) is 13.3. The number of urea groups is 1. The van der Waals surface area contributed by atoms with Crippen LogP contribution in [-0.2, 0) is 15.6 Å². The minimum Gasteiger partial charge on any atom is -0.384 e. The SMILES string of the molecule is Cc1cc(Cl)cc(C)c1NC(=O)NS(=O)(=O)c1ncc(C2(O)CCC2)s1. The van der Waals surface area contributed by atoms with E-state index in [2.05, 4.69) is 10.3 Å². The van der Waals surface area contributed by atoms with E-state index in [1.165, 1.54) is 6.20 Å². The van der Waals surface area contributed by atoms with Crippen LogP contribution in [0, 0.1) is 13.8 Å². The molecule has 1 aromatic heterocycles. The number of carbonyl (C=O) groups excluding carboxylic acids is 1. The number of nitrogens with one attached hydrogen (secondary N) is 2. The number of hydrogen-bond acceptors (Lipinski definition) is 6. The molecular weight excluding hydrogens is 398 g/mol. The molecule has 1 heterocycles. The zero-order valence-electron chi connectivity index (χ0n) is 14.2. The van der Waals surface area contributed by atoms with E-state index in [4.69, 9.17) is 11.6 Å². The number of carbonyl (C=O) groups is 1. The average Bonchev–Trinajstić information content (AvgIpc) is 2.99. The van der Waals surface area contributed by atoms with Gasteiger partial charge in [-0.25, -0.2) is 14.5 Å². The zero-order chi connectivity index (χ0) is 19.1. The summed E-state index contributed by atoms with van der Waals surface area (Å²) < 4.78 is 26.4. The van der Waals surface area contributed by atoms with E-state index < -0.39 is 21.7 Å². The van der Waals surface area contributed by atoms with Gasteiger partial charge in [0.15, 0.2) is 0 Å². The first kappa shape index (κ1) is 19.1. The van der Waals surface area contributed by atoms with Gasteiger partial charge in [0.05, 0.1) is 4.88 Å². The number of rotatable bonds is 4. The molecule has 0 spiro atoms. The number of sulfonamides is 1. The molecule has 0 aliphatic heterocycles. The summed E-state index contributed by atoms with van der Waals surface area (Å²) in [4.78, 5) is 16.5. The van der Waals surface area contributed by atoms with Crippen LogP contribution in [0.2, 0.25) is 5.02 Å². The van der Waals surface area contributed by atoms with Crippen LogP contribution in [0.25, 0.3) is 0 Å². The minimum absolute atomic E-state index is 0.257. The molecule has 2 aromatic rings. The molecule has 2 amide bonds. The second-order valence-electron chi connectivity index (χ2n) is 6.35. The standard InChI is InChI=1S/C16H18ClN3O4S2/c1-9-6-11(17)7-10(2)13(9)19-14(21)20-26(23,24)15-18-8-12(25-15)16(22)4-3-5-16/h6-8,22H,3-5H2,1-2H3,(H2,19,20,21). The fraction of sp³-hybridized carbons (Fsp3) is 0.375. The molecule has 0 radical (unpaired) electrons. The van der Waals surface area contributed by atoms with E-state index >= 15 is 0 Å². The number of anilines is 1. The number of halogens is 1. The average molecular weight is 416 g/mol. The molecule has 1 aromatic carbocycles. The molecule has 1 aliphatic carbocycles. The summed E-state index contributed by atoms with van der Waals surface area (Å²) in [5.41, 5.74) is 0.925. The quantitative estimate of drug-likeness (QED) is 0.709. The Bertz CT molecular complexity index is 945. The smallest absolute Gasteiger partial charge is 0.333 e. The topological polar surface area (TPSA) is 108 Å². The van der Waals surface area contributed by atoms with Gasteiger partial charge in [-0.1, -0.05) is 11.6 Å². The highest BCUT2D eigenvalue weighted by atomic mass is 35.5. The highest BCUT2D eigenvalue weighted by molar-refractivity contribution is 7.92. The van der Waals surface area contributed by atoms with Crippen molar-refractivity contribution >= 4 is 44.7 Å². The van der Waals surface area contributed by atoms with Gasteiger partial charge in [-0.2, -0.15) is 8.42 Å². The Morgan fingerprint density at radius 2 is 1.92 bits per heavy atom. The van der Waals surface area contributed by atoms with Crippen LogP contribution in [0.15, 0.2) is 22.7 Å². The van der Waals surface area contributed by atoms with Crippen LogP contribution in [0.1, 0.15) is 35.3 Å². The van der Waals surface area contributed by atoms with Crippen LogP contribution in [0.5, 0.6) is 0 Å². The fourth-order valence-corrected chi connectivity index (χ4v) is 5.30. The van der Waals surface area contributed by atoms with Gasteiger partial charge in [-0.15, -0.1) is 11.3 Å². The lowest BCUT2D eigenvalue weighted by Crippen LogP contribution is -2.34. The van der Waals surface area contributed by atoms with Gasteiger partial charge in [0.2, 0.25) is 4.34 Å². The van der Waals surface area contributed by atoms with Crippen molar-refractivity contribution in [3.05, 3.63) is 39.4 Å². The lowest BCUT2D eigenvalue weighted by molar-refractivity contribution is -0.0356. The first-order valence-corrected chi connectivity index (χ1v) is 10.6. The second-order valence-corrected chi connectivity index (χ2v) is 9.67. The molecule has 140 valence electrons. The molecule has 0 saturated heterocycles. The molecule has 3 N–H and O–H groups in total. The van der Waals surface area contributed by atoms with Crippen LogP contribution < -0.4 is 10.0 Å². The molecule has 0 atom stereocenters. The van der Waals surface area contributed by atoms with E-state index in [-0.39, 0.29) is 4.34 Å². The predicted octanol–water partition coefficient (Wildman–Crippen LogP) is 3.30. The van der Waals surface area contributed by atoms with E-state index in [0.29, 0.717) is 39.6 Å². The number of hydrogen-bond donors (Lipinski definition) is 3. The van der Waals surface area contributed by atoms with Gasteiger partial charge in [-0.3, -0.25) is 0 Å². The molecule has 1 aliphatic rings. The summed E-state index contributed by atoms with van der Waals surface area (Å²) in [7, 11) is -4.13. The van der Waals surface area contributed by atoms with Crippen molar-refractivity contribution < 1.29 is 18.3 Å². The Labute approximate surface area is 160 Å². The third kappa shape index (κ3) is 3.71. The molecule has 7 nitrogen and oxygen atoms in total. The summed E-state index contributed by atoms with van der Waals surface area (Å²) in [6.45, 7) is 3.52. The largest absolute Gasteiger partial charge is 0.384 e. The van der Waals surface area contributed by atoms with Gasteiger partial charge in [0.1, 0.15) is 5.60 Å². The molecule has 1 fully saturated rings. The number of aromatic nitrogens is 1. The van der Waals surface area contributed by atoms with Crippen molar-refractivity contribution in [2.75, 3.05) is 5.32 Å². The van der Waals surface area contributed by atoms with Gasteiger partial charge in [0, 0.05) is 16.9 Å². The minimum atomic E-state index is -4.13. The van der Waals surface area contributed by atoms with Crippen LogP contribution >= 0.6 is 22.9 Å². The number of aryl methyl sites for hydroxylation is 2. The Kier molecular flexibility index (Phi) is 5.00. The summed E-state index contributed by atoms with van der Waals surface area (Å²) in [6.07, 6.45) is 3.40. The van der Waals surface area contributed by atoms with E-state index in [0.717, 1.165) is 17.8 Å². The summed E-state index contributed by atoms with van der Waals surface area (Å²) in [6, 6.07) is 2.45. The molecule has 0 unspecified atom stereocenters. The highest BCUT2D eigenvalue weighted by Crippen LogP contribution is 2.43. The zero-order valence-corrected chi connectivity index (χ0v) is 16.6. The maximum Gasteiger partial charge on any atom is 0.333 e. The Balaban J connectivity index is 1.74. The highest BCUT2D eigenvalue weighted by Gasteiger charge is 2.39. The molecule has 3 rings (SSSR count). The molecule has 0 bridgehead atoms. The number of benzene rings is 1. The Hall–Kier alpha value is -1.68. The van der Waals surface area contributed by atoms with E-state index in [1.54, 1.807) is 26.0 Å². The lowest BCUT2D eigenvalue weighted by Gasteiger charge is -2.35. The maximum atomic E-state index is 12.4. The van der Waals surface area contributed by atoms with Crippen LogP contribution in [-0.4, -0.2) is 24.5 Å². The van der Waals surface area contributed by atoms with Crippen molar-refractivity contribution in [3.8, 4) is 0 Å². The third-order valence-electron chi connectivity index (χ3n) is 4.32. The lowest BCUT2D eigenvalue weighted by atomic mass is 9.79. The fourth-order valence-electron chi connectivity index (χ4n) is 2.77. The number of aliphatic hydroxyl groups is 1. The van der Waals surface area contributed by atoms with Crippen LogP contribution in [0.4, 0.5) is 10.5 Å². The van der Waals surface area contributed by atoms with Crippen molar-refractivity contribution in [3.63, 3.8) is 0 Å². The van der Waals surface area contributed by atoms with Crippen molar-refractivity contribution in [2.45, 2.75) is 43.1 Å². The van der Waals surface area contributed by atoms with Gasteiger partial charge >= 0.3 is 6.03 Å².